The second-order valence-corrected chi connectivity index (χ2v) is 8.25. The molecular weight excluding hydrogens is 422 g/mol. The lowest BCUT2D eigenvalue weighted by atomic mass is 10.2. The largest absolute Gasteiger partial charge is 0.480 e. The van der Waals surface area contributed by atoms with Crippen molar-refractivity contribution in [3.63, 3.8) is 0 Å². The zero-order valence-electron chi connectivity index (χ0n) is 16.8. The van der Waals surface area contributed by atoms with Gasteiger partial charge in [0.1, 0.15) is 17.3 Å². The monoisotopic (exact) mass is 439 g/mol. The third kappa shape index (κ3) is 4.54. The molecule has 0 unspecified atom stereocenters. The van der Waals surface area contributed by atoms with E-state index in [0.717, 1.165) is 5.56 Å². The average Bonchev–Trinajstić information content (AvgIpc) is 2.82. The number of nitrogens with zero attached hydrogens (tertiary/aromatic N) is 2. The van der Waals surface area contributed by atoms with Crippen LogP contribution in [0.1, 0.15) is 11.1 Å². The van der Waals surface area contributed by atoms with Crippen LogP contribution in [0.25, 0.3) is 10.9 Å². The number of hydrogen-bond acceptors (Lipinski definition) is 5. The molecule has 32 heavy (non-hydrogen) atoms. The summed E-state index contributed by atoms with van der Waals surface area (Å²) in [5.74, 6) is 8.86. The molecule has 6 nitrogen and oxygen atoms in total. The number of benzene rings is 2. The molecule has 156 valence electrons. The standard InChI is InChI=1S/C25H17N3O3S/c1-2-17-31-23-14-16-27-25-21(23)9-5-11-24(25)32(29,30)28-22-10-4-3-8-20(22)13-12-19-7-6-15-26-18-19/h1,3-11,14-16,18,28H,17H2. The van der Waals surface area contributed by atoms with Gasteiger partial charge in [-0.05, 0) is 42.5 Å². The quantitative estimate of drug-likeness (QED) is 0.478. The average molecular weight is 439 g/mol. The van der Waals surface area contributed by atoms with E-state index in [-0.39, 0.29) is 17.0 Å². The lowest BCUT2D eigenvalue weighted by Gasteiger charge is -2.13. The fraction of sp³-hybridized carbons (Fsp3) is 0.0400. The van der Waals surface area contributed by atoms with Crippen molar-refractivity contribution in [3.8, 4) is 29.9 Å². The Labute approximate surface area is 186 Å². The van der Waals surface area contributed by atoms with Crippen LogP contribution < -0.4 is 9.46 Å². The zero-order chi connectivity index (χ0) is 22.4. The Kier molecular flexibility index (Phi) is 6.03. The van der Waals surface area contributed by atoms with Gasteiger partial charge in [-0.15, -0.1) is 6.42 Å². The molecule has 0 aliphatic heterocycles. The van der Waals surface area contributed by atoms with E-state index < -0.39 is 10.0 Å². The normalized spacial score (nSPS) is 10.6. The predicted octanol–water partition coefficient (Wildman–Crippen LogP) is 3.84. The molecule has 2 aromatic carbocycles. The number of sulfonamides is 1. The van der Waals surface area contributed by atoms with E-state index in [4.69, 9.17) is 11.2 Å². The molecule has 0 aliphatic carbocycles. The summed E-state index contributed by atoms with van der Waals surface area (Å²) in [4.78, 5) is 8.33. The van der Waals surface area contributed by atoms with Gasteiger partial charge in [-0.1, -0.05) is 36.0 Å². The Hall–Kier alpha value is -4.33. The number of terminal acetylenes is 1. The number of aromatic nitrogens is 2. The van der Waals surface area contributed by atoms with E-state index in [9.17, 15) is 8.42 Å². The molecule has 2 heterocycles. The number of hydrogen-bond donors (Lipinski definition) is 1. The second kappa shape index (κ2) is 9.22. The van der Waals surface area contributed by atoms with E-state index in [1.807, 2.05) is 6.07 Å². The van der Waals surface area contributed by atoms with E-state index >= 15 is 0 Å². The van der Waals surface area contributed by atoms with Gasteiger partial charge in [0.15, 0.2) is 0 Å². The summed E-state index contributed by atoms with van der Waals surface area (Å²) >= 11 is 0. The highest BCUT2D eigenvalue weighted by Crippen LogP contribution is 2.30. The number of pyridine rings is 2. The highest BCUT2D eigenvalue weighted by Gasteiger charge is 2.20. The van der Waals surface area contributed by atoms with E-state index in [2.05, 4.69) is 32.5 Å². The van der Waals surface area contributed by atoms with Crippen LogP contribution in [0.3, 0.4) is 0 Å². The van der Waals surface area contributed by atoms with Crippen molar-refractivity contribution in [1.82, 2.24) is 9.97 Å². The van der Waals surface area contributed by atoms with Gasteiger partial charge in [-0.3, -0.25) is 14.7 Å². The van der Waals surface area contributed by atoms with Crippen molar-refractivity contribution in [2.45, 2.75) is 4.90 Å². The smallest absolute Gasteiger partial charge is 0.264 e. The Balaban J connectivity index is 1.72. The molecule has 0 aliphatic rings. The first kappa shape index (κ1) is 20.9. The van der Waals surface area contributed by atoms with Gasteiger partial charge in [-0.25, -0.2) is 8.42 Å². The fourth-order valence-electron chi connectivity index (χ4n) is 3.04. The molecule has 0 amide bonds. The van der Waals surface area contributed by atoms with Crippen molar-refractivity contribution in [3.05, 3.63) is 90.4 Å². The van der Waals surface area contributed by atoms with Crippen molar-refractivity contribution < 1.29 is 13.2 Å². The fourth-order valence-corrected chi connectivity index (χ4v) is 4.30. The minimum Gasteiger partial charge on any atom is -0.480 e. The third-order valence-corrected chi connectivity index (χ3v) is 5.87. The van der Waals surface area contributed by atoms with Crippen LogP contribution >= 0.6 is 0 Å². The van der Waals surface area contributed by atoms with Crippen LogP contribution in [-0.4, -0.2) is 25.0 Å². The van der Waals surface area contributed by atoms with E-state index in [0.29, 0.717) is 22.4 Å². The Morgan fingerprint density at radius 1 is 0.969 bits per heavy atom. The SMILES string of the molecule is C#CCOc1ccnc2c(S(=O)(=O)Nc3ccccc3C#Cc3cccnc3)cccc12. The molecule has 0 bridgehead atoms. The van der Waals surface area contributed by atoms with Crippen molar-refractivity contribution >= 4 is 26.6 Å². The van der Waals surface area contributed by atoms with Gasteiger partial charge in [0.25, 0.3) is 10.0 Å². The number of fused-ring (bicyclic) bond motifs is 1. The molecule has 2 aromatic heterocycles. The zero-order valence-corrected chi connectivity index (χ0v) is 17.6. The van der Waals surface area contributed by atoms with E-state index in [1.54, 1.807) is 60.9 Å². The maximum absolute atomic E-state index is 13.3. The minimum absolute atomic E-state index is 0.0242. The summed E-state index contributed by atoms with van der Waals surface area (Å²) in [6.07, 6.45) is 10.1. The summed E-state index contributed by atoms with van der Waals surface area (Å²) < 4.78 is 34.7. The van der Waals surface area contributed by atoms with Crippen LogP contribution in [0, 0.1) is 24.2 Å². The van der Waals surface area contributed by atoms with Gasteiger partial charge in [0.05, 0.1) is 11.2 Å². The summed E-state index contributed by atoms with van der Waals surface area (Å²) in [5.41, 5.74) is 1.91. The van der Waals surface area contributed by atoms with Gasteiger partial charge in [0, 0.05) is 35.1 Å². The highest BCUT2D eigenvalue weighted by molar-refractivity contribution is 7.93. The summed E-state index contributed by atoms with van der Waals surface area (Å²) in [5, 5.41) is 0.551. The van der Waals surface area contributed by atoms with Crippen molar-refractivity contribution in [1.29, 1.82) is 0 Å². The van der Waals surface area contributed by atoms with Gasteiger partial charge in [0.2, 0.25) is 0 Å². The first-order valence-corrected chi connectivity index (χ1v) is 11.0. The Morgan fingerprint density at radius 3 is 2.66 bits per heavy atom. The number of nitrogens with one attached hydrogen (secondary N) is 1. The molecule has 7 heteroatoms. The molecule has 0 fully saturated rings. The molecule has 4 aromatic rings. The van der Waals surface area contributed by atoms with Crippen molar-refractivity contribution in [2.75, 3.05) is 11.3 Å². The van der Waals surface area contributed by atoms with Gasteiger partial charge >= 0.3 is 0 Å². The highest BCUT2D eigenvalue weighted by atomic mass is 32.2. The molecule has 0 radical (unpaired) electrons. The molecule has 1 N–H and O–H groups in total. The van der Waals surface area contributed by atoms with Gasteiger partial charge in [-0.2, -0.15) is 0 Å². The maximum atomic E-state index is 13.3. The predicted molar refractivity (Wildman–Crippen MR) is 124 cm³/mol. The van der Waals surface area contributed by atoms with E-state index in [1.165, 1.54) is 12.3 Å². The summed E-state index contributed by atoms with van der Waals surface area (Å²) in [7, 11) is -3.97. The first-order chi connectivity index (χ1) is 15.6. The van der Waals surface area contributed by atoms with Gasteiger partial charge < -0.3 is 4.74 Å². The number of anilines is 1. The topological polar surface area (TPSA) is 81.2 Å². The Morgan fingerprint density at radius 2 is 1.84 bits per heavy atom. The summed E-state index contributed by atoms with van der Waals surface area (Å²) in [6, 6.07) is 17.1. The number of para-hydroxylation sites is 2. The van der Waals surface area contributed by atoms with Crippen LogP contribution in [0.2, 0.25) is 0 Å². The molecular formula is C25H17N3O3S. The molecule has 0 atom stereocenters. The van der Waals surface area contributed by atoms with Crippen LogP contribution in [-0.2, 0) is 10.0 Å². The second-order valence-electron chi connectivity index (χ2n) is 6.60. The molecule has 0 spiro atoms. The molecule has 0 saturated carbocycles. The van der Waals surface area contributed by atoms with Crippen LogP contribution in [0.5, 0.6) is 5.75 Å². The molecule has 0 saturated heterocycles. The lowest BCUT2D eigenvalue weighted by molar-refractivity contribution is 0.374. The number of ether oxygens (including phenoxy) is 1. The number of rotatable bonds is 5. The first-order valence-electron chi connectivity index (χ1n) is 9.56. The van der Waals surface area contributed by atoms with Crippen LogP contribution in [0.15, 0.2) is 84.1 Å². The van der Waals surface area contributed by atoms with Crippen molar-refractivity contribution in [2.24, 2.45) is 0 Å². The maximum Gasteiger partial charge on any atom is 0.264 e. The van der Waals surface area contributed by atoms with Crippen LogP contribution in [0.4, 0.5) is 5.69 Å². The lowest BCUT2D eigenvalue weighted by Crippen LogP contribution is -2.14. The minimum atomic E-state index is -3.97. The Bertz CT molecular complexity index is 1480. The molecule has 4 rings (SSSR count). The summed E-state index contributed by atoms with van der Waals surface area (Å²) in [6.45, 7) is 0.0668. The third-order valence-electron chi connectivity index (χ3n) is 4.47.